The van der Waals surface area contributed by atoms with E-state index < -0.39 is 0 Å². The molecule has 3 heterocycles. The van der Waals surface area contributed by atoms with Crippen LogP contribution in [0, 0.1) is 17.2 Å². The van der Waals surface area contributed by atoms with E-state index >= 15 is 0 Å². The first-order chi connectivity index (χ1) is 16.1. The highest BCUT2D eigenvalue weighted by atomic mass is 32.2. The maximum atomic E-state index is 12.7. The van der Waals surface area contributed by atoms with Crippen molar-refractivity contribution < 1.29 is 14.3 Å². The first-order valence-electron chi connectivity index (χ1n) is 11.0. The van der Waals surface area contributed by atoms with Gasteiger partial charge in [-0.1, -0.05) is 24.3 Å². The first-order valence-corrected chi connectivity index (χ1v) is 11.8. The Morgan fingerprint density at radius 1 is 1.27 bits per heavy atom. The van der Waals surface area contributed by atoms with Gasteiger partial charge in [-0.05, 0) is 42.2 Å². The van der Waals surface area contributed by atoms with Crippen molar-refractivity contribution in [3.05, 3.63) is 70.4 Å². The number of hydrogen-bond acceptors (Lipinski definition) is 6. The van der Waals surface area contributed by atoms with Gasteiger partial charge in [-0.15, -0.1) is 11.8 Å². The minimum Gasteiger partial charge on any atom is -0.496 e. The minimum atomic E-state index is -0.367. The SMILES string of the molecule is COc1ccccc1CCC(=O)NC1SC2=C(CCN(C(=O)Cc3ccccn3)C2)C1C#N. The molecule has 0 saturated heterocycles. The fourth-order valence-corrected chi connectivity index (χ4v) is 5.69. The molecule has 1 N–H and O–H groups in total. The number of nitrogens with one attached hydrogen (secondary N) is 1. The van der Waals surface area contributed by atoms with Crippen LogP contribution in [0.25, 0.3) is 0 Å². The number of benzene rings is 1. The predicted molar refractivity (Wildman–Crippen MR) is 126 cm³/mol. The van der Waals surface area contributed by atoms with Crippen LogP contribution in [0.5, 0.6) is 5.75 Å². The molecule has 0 fully saturated rings. The predicted octanol–water partition coefficient (Wildman–Crippen LogP) is 3.08. The number of nitrogens with zero attached hydrogens (tertiary/aromatic N) is 3. The Balaban J connectivity index is 1.33. The Bertz CT molecular complexity index is 1100. The molecule has 7 nitrogen and oxygen atoms in total. The number of aryl methyl sites for hydroxylation is 1. The number of carbonyl (C=O) groups is 2. The summed E-state index contributed by atoms with van der Waals surface area (Å²) < 4.78 is 5.35. The van der Waals surface area contributed by atoms with Gasteiger partial charge in [0.1, 0.15) is 5.75 Å². The average Bonchev–Trinajstić information content (AvgIpc) is 3.19. The number of methoxy groups -OCH3 is 1. The lowest BCUT2D eigenvalue weighted by molar-refractivity contribution is -0.130. The van der Waals surface area contributed by atoms with Crippen molar-refractivity contribution in [2.75, 3.05) is 20.2 Å². The largest absolute Gasteiger partial charge is 0.496 e. The molecule has 33 heavy (non-hydrogen) atoms. The second-order valence-corrected chi connectivity index (χ2v) is 9.27. The van der Waals surface area contributed by atoms with Crippen LogP contribution in [0.1, 0.15) is 24.1 Å². The lowest BCUT2D eigenvalue weighted by Crippen LogP contribution is -2.38. The van der Waals surface area contributed by atoms with E-state index in [4.69, 9.17) is 4.74 Å². The second kappa shape index (κ2) is 10.5. The van der Waals surface area contributed by atoms with Gasteiger partial charge in [0.05, 0.1) is 37.4 Å². The number of pyridine rings is 1. The standard InChI is InChI=1S/C25H26N4O3S/c1-32-21-8-3-2-6-17(21)9-10-23(30)28-25-20(15-26)19-11-13-29(16-22(19)33-25)24(31)14-18-7-4-5-12-27-18/h2-8,12,20,25H,9-11,13-14,16H2,1H3,(H,28,30). The zero-order chi connectivity index (χ0) is 23.2. The van der Waals surface area contributed by atoms with Crippen LogP contribution in [-0.4, -0.2) is 47.3 Å². The quantitative estimate of drug-likeness (QED) is 0.680. The Morgan fingerprint density at radius 3 is 2.85 bits per heavy atom. The number of amides is 2. The Morgan fingerprint density at radius 2 is 2.09 bits per heavy atom. The van der Waals surface area contributed by atoms with Crippen molar-refractivity contribution >= 4 is 23.6 Å². The van der Waals surface area contributed by atoms with E-state index in [1.165, 1.54) is 11.8 Å². The molecular formula is C25H26N4O3S. The lowest BCUT2D eigenvalue weighted by atomic mass is 9.94. The number of carbonyl (C=O) groups excluding carboxylic acids is 2. The summed E-state index contributed by atoms with van der Waals surface area (Å²) in [6, 6.07) is 15.6. The van der Waals surface area contributed by atoms with E-state index in [1.807, 2.05) is 47.4 Å². The zero-order valence-corrected chi connectivity index (χ0v) is 19.3. The fourth-order valence-electron chi connectivity index (χ4n) is 4.22. The third kappa shape index (κ3) is 5.37. The van der Waals surface area contributed by atoms with Crippen LogP contribution in [0.15, 0.2) is 59.1 Å². The van der Waals surface area contributed by atoms with Crippen LogP contribution >= 0.6 is 11.8 Å². The van der Waals surface area contributed by atoms with Crippen molar-refractivity contribution in [3.63, 3.8) is 0 Å². The third-order valence-electron chi connectivity index (χ3n) is 5.96. The molecule has 0 spiro atoms. The summed E-state index contributed by atoms with van der Waals surface area (Å²) in [5.74, 6) is 0.330. The van der Waals surface area contributed by atoms with Crippen LogP contribution in [-0.2, 0) is 22.4 Å². The molecule has 2 atom stereocenters. The maximum Gasteiger partial charge on any atom is 0.228 e. The number of para-hydroxylation sites is 1. The summed E-state index contributed by atoms with van der Waals surface area (Å²) in [7, 11) is 1.62. The molecule has 2 amide bonds. The van der Waals surface area contributed by atoms with Gasteiger partial charge in [0.15, 0.2) is 0 Å². The van der Waals surface area contributed by atoms with Crippen LogP contribution < -0.4 is 10.1 Å². The molecule has 2 aliphatic heterocycles. The molecule has 2 aromatic rings. The van der Waals surface area contributed by atoms with E-state index in [0.29, 0.717) is 32.4 Å². The molecule has 1 aromatic carbocycles. The highest BCUT2D eigenvalue weighted by Gasteiger charge is 2.39. The monoisotopic (exact) mass is 462 g/mol. The average molecular weight is 463 g/mol. The number of ether oxygens (including phenoxy) is 1. The topological polar surface area (TPSA) is 95.3 Å². The minimum absolute atomic E-state index is 0.0265. The zero-order valence-electron chi connectivity index (χ0n) is 18.5. The van der Waals surface area contributed by atoms with Crippen molar-refractivity contribution in [2.24, 2.45) is 5.92 Å². The molecule has 8 heteroatoms. The summed E-state index contributed by atoms with van der Waals surface area (Å²) >= 11 is 1.50. The summed E-state index contributed by atoms with van der Waals surface area (Å²) in [6.45, 7) is 1.06. The molecule has 170 valence electrons. The third-order valence-corrected chi connectivity index (χ3v) is 7.28. The Hall–Kier alpha value is -3.31. The van der Waals surface area contributed by atoms with Gasteiger partial charge in [-0.25, -0.2) is 0 Å². The Kier molecular flexibility index (Phi) is 7.30. The normalized spacial score (nSPS) is 19.6. The fraction of sp³-hybridized carbons (Fsp3) is 0.360. The molecule has 0 saturated carbocycles. The van der Waals surface area contributed by atoms with Gasteiger partial charge in [0.2, 0.25) is 11.8 Å². The molecule has 1 aromatic heterocycles. The molecule has 4 rings (SSSR count). The van der Waals surface area contributed by atoms with Crippen LogP contribution in [0.4, 0.5) is 0 Å². The van der Waals surface area contributed by atoms with Gasteiger partial charge in [0, 0.05) is 29.8 Å². The van der Waals surface area contributed by atoms with Crippen molar-refractivity contribution in [2.45, 2.75) is 31.1 Å². The molecule has 0 radical (unpaired) electrons. The van der Waals surface area contributed by atoms with Gasteiger partial charge in [-0.3, -0.25) is 14.6 Å². The molecule has 2 aliphatic rings. The maximum absolute atomic E-state index is 12.7. The van der Waals surface area contributed by atoms with Crippen LogP contribution in [0.3, 0.4) is 0 Å². The molecule has 0 bridgehead atoms. The van der Waals surface area contributed by atoms with E-state index in [9.17, 15) is 14.9 Å². The van der Waals surface area contributed by atoms with E-state index in [2.05, 4.69) is 16.4 Å². The number of rotatable bonds is 7. The summed E-state index contributed by atoms with van der Waals surface area (Å²) in [5, 5.41) is 12.5. The number of hydrogen-bond donors (Lipinski definition) is 1. The van der Waals surface area contributed by atoms with Crippen molar-refractivity contribution in [3.8, 4) is 11.8 Å². The smallest absolute Gasteiger partial charge is 0.228 e. The van der Waals surface area contributed by atoms with E-state index in [-0.39, 0.29) is 29.5 Å². The number of thioether (sulfide) groups is 1. The molecule has 0 aliphatic carbocycles. The van der Waals surface area contributed by atoms with E-state index in [1.54, 1.807) is 13.3 Å². The lowest BCUT2D eigenvalue weighted by Gasteiger charge is -2.28. The number of nitriles is 1. The van der Waals surface area contributed by atoms with Gasteiger partial charge in [0.25, 0.3) is 0 Å². The second-order valence-electron chi connectivity index (χ2n) is 8.04. The van der Waals surface area contributed by atoms with Crippen molar-refractivity contribution in [1.29, 1.82) is 5.26 Å². The van der Waals surface area contributed by atoms with Crippen LogP contribution in [0.2, 0.25) is 0 Å². The highest BCUT2D eigenvalue weighted by Crippen LogP contribution is 2.44. The van der Waals surface area contributed by atoms with E-state index in [0.717, 1.165) is 27.5 Å². The number of aromatic nitrogens is 1. The van der Waals surface area contributed by atoms with Crippen molar-refractivity contribution in [1.82, 2.24) is 15.2 Å². The van der Waals surface area contributed by atoms with Gasteiger partial charge < -0.3 is 15.0 Å². The summed E-state index contributed by atoms with van der Waals surface area (Å²) in [6.07, 6.45) is 3.48. The summed E-state index contributed by atoms with van der Waals surface area (Å²) in [5.41, 5.74) is 2.78. The van der Waals surface area contributed by atoms with Gasteiger partial charge in [-0.2, -0.15) is 5.26 Å². The molecular weight excluding hydrogens is 436 g/mol. The highest BCUT2D eigenvalue weighted by molar-refractivity contribution is 8.04. The summed E-state index contributed by atoms with van der Waals surface area (Å²) in [4.78, 5) is 32.5. The Labute approximate surface area is 197 Å². The first kappa shape index (κ1) is 22.9. The molecule has 2 unspecified atom stereocenters. The van der Waals surface area contributed by atoms with Gasteiger partial charge >= 0.3 is 0 Å².